The number of nitrogens with zero attached hydrogens (tertiary/aromatic N) is 1. The van der Waals surface area contributed by atoms with Crippen molar-refractivity contribution in [2.45, 2.75) is 6.92 Å². The zero-order chi connectivity index (χ0) is 7.84. The molecule has 3 heteroatoms. The third-order valence-corrected chi connectivity index (χ3v) is 1.58. The van der Waals surface area contributed by atoms with Gasteiger partial charge in [-0.05, 0) is 25.1 Å². The van der Waals surface area contributed by atoms with E-state index in [1.54, 1.807) is 6.07 Å². The number of nitrogens with one attached hydrogen (secondary N) is 1. The van der Waals surface area contributed by atoms with E-state index in [-0.39, 0.29) is 0 Å². The molecule has 0 aliphatic heterocycles. The van der Waals surface area contributed by atoms with E-state index in [2.05, 4.69) is 9.97 Å². The molecular formula is C8H7FN2. The fourth-order valence-corrected chi connectivity index (χ4v) is 1.12. The minimum Gasteiger partial charge on any atom is -0.343 e. The fourth-order valence-electron chi connectivity index (χ4n) is 1.12. The molecule has 56 valence electrons. The number of hydrogen-bond acceptors (Lipinski definition) is 1. The molecule has 2 nitrogen and oxygen atoms in total. The molecule has 0 aromatic carbocycles. The molecule has 2 rings (SSSR count). The molecular weight excluding hydrogens is 143 g/mol. The molecule has 0 atom stereocenters. The van der Waals surface area contributed by atoms with Crippen LogP contribution < -0.4 is 0 Å². The third-order valence-electron chi connectivity index (χ3n) is 1.58. The molecule has 0 saturated carbocycles. The highest BCUT2D eigenvalue weighted by atomic mass is 19.1. The Bertz CT molecular complexity index is 392. The Labute approximate surface area is 63.1 Å². The van der Waals surface area contributed by atoms with E-state index in [0.717, 1.165) is 11.1 Å². The number of pyridine rings is 1. The van der Waals surface area contributed by atoms with Gasteiger partial charge in [-0.25, -0.2) is 4.98 Å². The van der Waals surface area contributed by atoms with Crippen molar-refractivity contribution in [3.8, 4) is 0 Å². The molecule has 0 bridgehead atoms. The summed E-state index contributed by atoms with van der Waals surface area (Å²) in [6.45, 7) is 1.92. The van der Waals surface area contributed by atoms with Crippen LogP contribution in [0.2, 0.25) is 0 Å². The van der Waals surface area contributed by atoms with Crippen molar-refractivity contribution >= 4 is 11.0 Å². The van der Waals surface area contributed by atoms with Gasteiger partial charge in [0.05, 0.1) is 0 Å². The first-order chi connectivity index (χ1) is 5.25. The Balaban J connectivity index is 2.82. The van der Waals surface area contributed by atoms with Crippen LogP contribution in [0.5, 0.6) is 0 Å². The molecule has 0 unspecified atom stereocenters. The van der Waals surface area contributed by atoms with Crippen molar-refractivity contribution in [3.05, 3.63) is 29.8 Å². The lowest BCUT2D eigenvalue weighted by Crippen LogP contribution is -1.81. The van der Waals surface area contributed by atoms with Crippen molar-refractivity contribution in [1.29, 1.82) is 0 Å². The van der Waals surface area contributed by atoms with Crippen LogP contribution in [0.1, 0.15) is 5.69 Å². The maximum Gasteiger partial charge on any atom is 0.214 e. The first kappa shape index (κ1) is 6.34. The Morgan fingerprint density at radius 3 is 3.09 bits per heavy atom. The van der Waals surface area contributed by atoms with Gasteiger partial charge in [-0.15, -0.1) is 0 Å². The zero-order valence-corrected chi connectivity index (χ0v) is 6.06. The topological polar surface area (TPSA) is 28.7 Å². The van der Waals surface area contributed by atoms with Crippen molar-refractivity contribution < 1.29 is 4.39 Å². The largest absolute Gasteiger partial charge is 0.343 e. The Kier molecular flexibility index (Phi) is 1.18. The van der Waals surface area contributed by atoms with E-state index in [4.69, 9.17) is 0 Å². The predicted molar refractivity (Wildman–Crippen MR) is 40.8 cm³/mol. The van der Waals surface area contributed by atoms with Crippen LogP contribution >= 0.6 is 0 Å². The summed E-state index contributed by atoms with van der Waals surface area (Å²) >= 11 is 0. The monoisotopic (exact) mass is 150 g/mol. The minimum atomic E-state index is -0.445. The molecule has 2 heterocycles. The summed E-state index contributed by atoms with van der Waals surface area (Å²) in [7, 11) is 0. The van der Waals surface area contributed by atoms with Gasteiger partial charge in [0.25, 0.3) is 0 Å². The van der Waals surface area contributed by atoms with E-state index < -0.39 is 5.95 Å². The zero-order valence-electron chi connectivity index (χ0n) is 6.06. The lowest BCUT2D eigenvalue weighted by molar-refractivity contribution is 0.588. The van der Waals surface area contributed by atoms with Crippen LogP contribution in [-0.2, 0) is 0 Å². The second kappa shape index (κ2) is 2.05. The first-order valence-electron chi connectivity index (χ1n) is 3.37. The van der Waals surface area contributed by atoms with Crippen molar-refractivity contribution in [3.63, 3.8) is 0 Å². The van der Waals surface area contributed by atoms with Gasteiger partial charge in [-0.3, -0.25) is 0 Å². The van der Waals surface area contributed by atoms with Gasteiger partial charge in [0.15, 0.2) is 0 Å². The predicted octanol–water partition coefficient (Wildman–Crippen LogP) is 2.01. The molecule has 0 fully saturated rings. The SMILES string of the molecule is Cc1cc2ccc(F)nc2[nH]1. The van der Waals surface area contributed by atoms with Crippen LogP contribution in [0.25, 0.3) is 11.0 Å². The van der Waals surface area contributed by atoms with Gasteiger partial charge in [0.2, 0.25) is 5.95 Å². The second-order valence-electron chi connectivity index (χ2n) is 2.52. The molecule has 0 amide bonds. The van der Waals surface area contributed by atoms with E-state index in [0.29, 0.717) is 5.65 Å². The summed E-state index contributed by atoms with van der Waals surface area (Å²) in [5.74, 6) is -0.445. The van der Waals surface area contributed by atoms with Gasteiger partial charge >= 0.3 is 0 Å². The number of aryl methyl sites for hydroxylation is 1. The number of aromatic amines is 1. The number of rotatable bonds is 0. The second-order valence-corrected chi connectivity index (χ2v) is 2.52. The summed E-state index contributed by atoms with van der Waals surface area (Å²) in [5, 5.41) is 0.948. The summed E-state index contributed by atoms with van der Waals surface area (Å²) in [4.78, 5) is 6.62. The van der Waals surface area contributed by atoms with Gasteiger partial charge in [0.1, 0.15) is 5.65 Å². The van der Waals surface area contributed by atoms with Crippen LogP contribution in [0, 0.1) is 12.9 Å². The number of halogens is 1. The molecule has 2 aromatic heterocycles. The summed E-state index contributed by atoms with van der Waals surface area (Å²) in [6.07, 6.45) is 0. The molecule has 0 aliphatic carbocycles. The lowest BCUT2D eigenvalue weighted by atomic mass is 10.3. The van der Waals surface area contributed by atoms with Gasteiger partial charge in [0, 0.05) is 11.1 Å². The molecule has 0 saturated heterocycles. The highest BCUT2D eigenvalue weighted by Crippen LogP contribution is 2.12. The smallest absolute Gasteiger partial charge is 0.214 e. The normalized spacial score (nSPS) is 10.7. The van der Waals surface area contributed by atoms with Gasteiger partial charge < -0.3 is 4.98 Å². The van der Waals surface area contributed by atoms with Gasteiger partial charge in [-0.2, -0.15) is 4.39 Å². The van der Waals surface area contributed by atoms with E-state index in [1.807, 2.05) is 13.0 Å². The molecule has 2 aromatic rings. The molecule has 0 radical (unpaired) electrons. The van der Waals surface area contributed by atoms with E-state index in [1.165, 1.54) is 6.07 Å². The molecule has 11 heavy (non-hydrogen) atoms. The Morgan fingerprint density at radius 2 is 2.27 bits per heavy atom. The lowest BCUT2D eigenvalue weighted by Gasteiger charge is -1.86. The number of aromatic nitrogens is 2. The molecule has 1 N–H and O–H groups in total. The number of H-pyrrole nitrogens is 1. The van der Waals surface area contributed by atoms with Gasteiger partial charge in [-0.1, -0.05) is 0 Å². The standard InChI is InChI=1S/C8H7FN2/c1-5-4-6-2-3-7(9)11-8(6)10-5/h2-4H,1H3,(H,10,11). The molecule has 0 spiro atoms. The minimum absolute atomic E-state index is 0.445. The summed E-state index contributed by atoms with van der Waals surface area (Å²) in [5.41, 5.74) is 1.61. The fraction of sp³-hybridized carbons (Fsp3) is 0.125. The number of fused-ring (bicyclic) bond motifs is 1. The van der Waals surface area contributed by atoms with E-state index >= 15 is 0 Å². The Hall–Kier alpha value is -1.38. The Morgan fingerprint density at radius 1 is 1.45 bits per heavy atom. The van der Waals surface area contributed by atoms with Crippen LogP contribution in [-0.4, -0.2) is 9.97 Å². The first-order valence-corrected chi connectivity index (χ1v) is 3.37. The maximum absolute atomic E-state index is 12.5. The highest BCUT2D eigenvalue weighted by Gasteiger charge is 1.98. The summed E-state index contributed by atoms with van der Waals surface area (Å²) < 4.78 is 12.5. The third kappa shape index (κ3) is 0.981. The average Bonchev–Trinajstić information content (AvgIpc) is 2.27. The van der Waals surface area contributed by atoms with Crippen LogP contribution in [0.4, 0.5) is 4.39 Å². The number of hydrogen-bond donors (Lipinski definition) is 1. The van der Waals surface area contributed by atoms with E-state index in [9.17, 15) is 4.39 Å². The van der Waals surface area contributed by atoms with Crippen molar-refractivity contribution in [1.82, 2.24) is 9.97 Å². The molecule has 0 aliphatic rings. The summed E-state index contributed by atoms with van der Waals surface area (Å²) in [6, 6.07) is 5.00. The van der Waals surface area contributed by atoms with Crippen molar-refractivity contribution in [2.75, 3.05) is 0 Å². The van der Waals surface area contributed by atoms with Crippen molar-refractivity contribution in [2.24, 2.45) is 0 Å². The highest BCUT2D eigenvalue weighted by molar-refractivity contribution is 5.76. The van der Waals surface area contributed by atoms with Crippen LogP contribution in [0.3, 0.4) is 0 Å². The maximum atomic E-state index is 12.5. The average molecular weight is 150 g/mol. The van der Waals surface area contributed by atoms with Crippen LogP contribution in [0.15, 0.2) is 18.2 Å². The quantitative estimate of drug-likeness (QED) is 0.572.